The molecule has 0 bridgehead atoms. The number of carbonyl (C=O) groups excluding carboxylic acids is 1. The Labute approximate surface area is 118 Å². The van der Waals surface area contributed by atoms with Gasteiger partial charge < -0.3 is 4.98 Å². The van der Waals surface area contributed by atoms with Gasteiger partial charge in [-0.3, -0.25) is 4.79 Å². The van der Waals surface area contributed by atoms with Crippen molar-refractivity contribution in [2.45, 2.75) is 13.3 Å². The van der Waals surface area contributed by atoms with E-state index in [4.69, 9.17) is 0 Å². The summed E-state index contributed by atoms with van der Waals surface area (Å²) in [6.07, 6.45) is 2.77. The first-order chi connectivity index (χ1) is 9.75. The Morgan fingerprint density at radius 2 is 1.75 bits per heavy atom. The number of aromatic amines is 1. The van der Waals surface area contributed by atoms with Crippen LogP contribution in [0.25, 0.3) is 10.9 Å². The lowest BCUT2D eigenvalue weighted by atomic mass is 9.93. The van der Waals surface area contributed by atoms with Crippen molar-refractivity contribution in [1.82, 2.24) is 4.98 Å². The molecule has 2 aromatic carbocycles. The van der Waals surface area contributed by atoms with Crippen molar-refractivity contribution in [2.24, 2.45) is 5.92 Å². The molecule has 0 spiro atoms. The molecule has 0 amide bonds. The molecule has 1 unspecified atom stereocenters. The maximum absolute atomic E-state index is 12.4. The second-order valence-corrected chi connectivity index (χ2v) is 5.19. The van der Waals surface area contributed by atoms with Crippen LogP contribution in [0.2, 0.25) is 0 Å². The highest BCUT2D eigenvalue weighted by Crippen LogP contribution is 2.22. The van der Waals surface area contributed by atoms with Gasteiger partial charge in [0.2, 0.25) is 0 Å². The van der Waals surface area contributed by atoms with Crippen molar-refractivity contribution < 1.29 is 4.79 Å². The molecule has 1 aromatic heterocycles. The van der Waals surface area contributed by atoms with Crippen LogP contribution in [0.4, 0.5) is 0 Å². The van der Waals surface area contributed by atoms with Crippen LogP contribution in [-0.2, 0) is 6.42 Å². The van der Waals surface area contributed by atoms with Gasteiger partial charge in [0.15, 0.2) is 5.78 Å². The molecule has 3 rings (SSSR count). The van der Waals surface area contributed by atoms with E-state index in [1.807, 2.05) is 55.6 Å². The number of carbonyl (C=O) groups is 1. The van der Waals surface area contributed by atoms with Crippen LogP contribution in [0.15, 0.2) is 60.8 Å². The maximum Gasteiger partial charge on any atom is 0.165 e. The van der Waals surface area contributed by atoms with Crippen LogP contribution in [0.5, 0.6) is 0 Å². The number of para-hydroxylation sites is 1. The minimum absolute atomic E-state index is 0.0170. The van der Waals surface area contributed by atoms with Gasteiger partial charge in [-0.2, -0.15) is 0 Å². The zero-order valence-corrected chi connectivity index (χ0v) is 11.5. The Balaban J connectivity index is 1.82. The number of nitrogens with one attached hydrogen (secondary N) is 1. The fraction of sp³-hybridized carbons (Fsp3) is 0.167. The van der Waals surface area contributed by atoms with Gasteiger partial charge in [-0.25, -0.2) is 0 Å². The van der Waals surface area contributed by atoms with Gasteiger partial charge in [0, 0.05) is 28.6 Å². The normalized spacial score (nSPS) is 12.4. The molecule has 2 heteroatoms. The van der Waals surface area contributed by atoms with Crippen molar-refractivity contribution in [3.63, 3.8) is 0 Å². The SMILES string of the molecule is CC(Cc1c[nH]c2ccccc12)C(=O)c1ccccc1. The van der Waals surface area contributed by atoms with Crippen molar-refractivity contribution >= 4 is 16.7 Å². The molecule has 0 saturated carbocycles. The number of benzene rings is 2. The lowest BCUT2D eigenvalue weighted by molar-refractivity contribution is 0.0929. The minimum atomic E-state index is -0.0170. The third-order valence-electron chi connectivity index (χ3n) is 3.71. The topological polar surface area (TPSA) is 32.9 Å². The van der Waals surface area contributed by atoms with E-state index in [9.17, 15) is 4.79 Å². The van der Waals surface area contributed by atoms with E-state index < -0.39 is 0 Å². The first kappa shape index (κ1) is 12.7. The van der Waals surface area contributed by atoms with Crippen LogP contribution < -0.4 is 0 Å². The van der Waals surface area contributed by atoms with Gasteiger partial charge in [-0.1, -0.05) is 55.5 Å². The summed E-state index contributed by atoms with van der Waals surface area (Å²) in [6, 6.07) is 17.7. The van der Waals surface area contributed by atoms with Gasteiger partial charge in [0.25, 0.3) is 0 Å². The van der Waals surface area contributed by atoms with Crippen molar-refractivity contribution in [3.05, 3.63) is 71.9 Å². The Morgan fingerprint density at radius 3 is 2.55 bits per heavy atom. The highest BCUT2D eigenvalue weighted by molar-refractivity contribution is 5.98. The zero-order chi connectivity index (χ0) is 13.9. The molecule has 3 aromatic rings. The van der Waals surface area contributed by atoms with E-state index in [-0.39, 0.29) is 11.7 Å². The van der Waals surface area contributed by atoms with E-state index in [2.05, 4.69) is 17.1 Å². The number of hydrogen-bond acceptors (Lipinski definition) is 1. The number of H-pyrrole nitrogens is 1. The van der Waals surface area contributed by atoms with E-state index in [1.54, 1.807) is 0 Å². The molecule has 0 aliphatic rings. The molecule has 1 atom stereocenters. The molecular formula is C18H17NO. The lowest BCUT2D eigenvalue weighted by Crippen LogP contribution is -2.13. The molecule has 1 heterocycles. The number of rotatable bonds is 4. The first-order valence-corrected chi connectivity index (χ1v) is 6.90. The van der Waals surface area contributed by atoms with Crippen LogP contribution in [0, 0.1) is 5.92 Å². The Kier molecular flexibility index (Phi) is 3.38. The van der Waals surface area contributed by atoms with E-state index in [1.165, 1.54) is 10.9 Å². The second-order valence-electron chi connectivity index (χ2n) is 5.19. The minimum Gasteiger partial charge on any atom is -0.361 e. The van der Waals surface area contributed by atoms with E-state index in [0.29, 0.717) is 0 Å². The number of aromatic nitrogens is 1. The number of hydrogen-bond donors (Lipinski definition) is 1. The summed E-state index contributed by atoms with van der Waals surface area (Å²) in [5.74, 6) is 0.187. The molecule has 0 aliphatic heterocycles. The highest BCUT2D eigenvalue weighted by atomic mass is 16.1. The van der Waals surface area contributed by atoms with Crippen LogP contribution in [-0.4, -0.2) is 10.8 Å². The number of fused-ring (bicyclic) bond motifs is 1. The summed E-state index contributed by atoms with van der Waals surface area (Å²) in [7, 11) is 0. The summed E-state index contributed by atoms with van der Waals surface area (Å²) in [4.78, 5) is 15.7. The molecule has 100 valence electrons. The molecular weight excluding hydrogens is 246 g/mol. The molecule has 0 saturated heterocycles. The van der Waals surface area contributed by atoms with Gasteiger partial charge >= 0.3 is 0 Å². The third-order valence-corrected chi connectivity index (χ3v) is 3.71. The zero-order valence-electron chi connectivity index (χ0n) is 11.5. The summed E-state index contributed by atoms with van der Waals surface area (Å²) < 4.78 is 0. The monoisotopic (exact) mass is 263 g/mol. The predicted octanol–water partition coefficient (Wildman–Crippen LogP) is 4.23. The largest absolute Gasteiger partial charge is 0.361 e. The molecule has 20 heavy (non-hydrogen) atoms. The average Bonchev–Trinajstić information content (AvgIpc) is 2.91. The predicted molar refractivity (Wildman–Crippen MR) is 81.9 cm³/mol. The van der Waals surface area contributed by atoms with Gasteiger partial charge in [-0.05, 0) is 18.1 Å². The van der Waals surface area contributed by atoms with E-state index in [0.717, 1.165) is 17.5 Å². The van der Waals surface area contributed by atoms with E-state index >= 15 is 0 Å². The standard InChI is InChI=1S/C18H17NO/c1-13(18(20)14-7-3-2-4-8-14)11-15-12-19-17-10-6-5-9-16(15)17/h2-10,12-13,19H,11H2,1H3. The van der Waals surface area contributed by atoms with Gasteiger partial charge in [0.1, 0.15) is 0 Å². The van der Waals surface area contributed by atoms with Crippen LogP contribution >= 0.6 is 0 Å². The molecule has 1 N–H and O–H groups in total. The Bertz CT molecular complexity index is 727. The van der Waals surface area contributed by atoms with Crippen LogP contribution in [0.3, 0.4) is 0 Å². The van der Waals surface area contributed by atoms with Gasteiger partial charge in [0.05, 0.1) is 0 Å². The smallest absolute Gasteiger partial charge is 0.165 e. The fourth-order valence-electron chi connectivity index (χ4n) is 2.61. The first-order valence-electron chi connectivity index (χ1n) is 6.90. The molecule has 2 nitrogen and oxygen atoms in total. The quantitative estimate of drug-likeness (QED) is 0.702. The van der Waals surface area contributed by atoms with Crippen LogP contribution in [0.1, 0.15) is 22.8 Å². The average molecular weight is 263 g/mol. The van der Waals surface area contributed by atoms with Crippen molar-refractivity contribution in [1.29, 1.82) is 0 Å². The van der Waals surface area contributed by atoms with Crippen molar-refractivity contribution in [3.8, 4) is 0 Å². The Morgan fingerprint density at radius 1 is 1.05 bits per heavy atom. The third kappa shape index (κ3) is 2.37. The maximum atomic E-state index is 12.4. The molecule has 0 aliphatic carbocycles. The van der Waals surface area contributed by atoms with Gasteiger partial charge in [-0.15, -0.1) is 0 Å². The molecule has 0 fully saturated rings. The van der Waals surface area contributed by atoms with Crippen molar-refractivity contribution in [2.75, 3.05) is 0 Å². The second kappa shape index (κ2) is 5.33. The summed E-state index contributed by atoms with van der Waals surface area (Å²) in [5.41, 5.74) is 3.12. The lowest BCUT2D eigenvalue weighted by Gasteiger charge is -2.09. The summed E-state index contributed by atoms with van der Waals surface area (Å²) in [6.45, 7) is 2.00. The number of ketones is 1. The Hall–Kier alpha value is -2.35. The number of Topliss-reactive ketones (excluding diaryl/α,β-unsaturated/α-hetero) is 1. The summed E-state index contributed by atoms with van der Waals surface area (Å²) in [5, 5.41) is 1.21. The fourth-order valence-corrected chi connectivity index (χ4v) is 2.61. The molecule has 0 radical (unpaired) electrons. The summed E-state index contributed by atoms with van der Waals surface area (Å²) >= 11 is 0. The highest BCUT2D eigenvalue weighted by Gasteiger charge is 2.16.